The Morgan fingerprint density at radius 3 is 2.48 bits per heavy atom. The Labute approximate surface area is 129 Å². The predicted molar refractivity (Wildman–Crippen MR) is 84.7 cm³/mol. The molecule has 7 heteroatoms. The van der Waals surface area contributed by atoms with Gasteiger partial charge in [-0.3, -0.25) is 0 Å². The molecule has 2 rings (SSSR count). The first-order chi connectivity index (χ1) is 9.93. The SMILES string of the molecule is CNCc1ccc(S(=O)(=O)N(C)Cc2csc(C)n2)cc1. The van der Waals surface area contributed by atoms with E-state index in [1.807, 2.05) is 31.5 Å². The maximum atomic E-state index is 12.5. The molecule has 2 aromatic rings. The third kappa shape index (κ3) is 3.88. The van der Waals surface area contributed by atoms with Crippen molar-refractivity contribution in [1.82, 2.24) is 14.6 Å². The van der Waals surface area contributed by atoms with Crippen LogP contribution < -0.4 is 5.32 Å². The molecule has 0 unspecified atom stereocenters. The van der Waals surface area contributed by atoms with E-state index in [4.69, 9.17) is 0 Å². The van der Waals surface area contributed by atoms with Gasteiger partial charge in [0.25, 0.3) is 0 Å². The number of nitrogens with one attached hydrogen (secondary N) is 1. The van der Waals surface area contributed by atoms with Gasteiger partial charge in [0.1, 0.15) is 0 Å². The number of aromatic nitrogens is 1. The summed E-state index contributed by atoms with van der Waals surface area (Å²) in [7, 11) is -0.0517. The van der Waals surface area contributed by atoms with Crippen LogP contribution >= 0.6 is 11.3 Å². The van der Waals surface area contributed by atoms with Crippen molar-refractivity contribution in [1.29, 1.82) is 0 Å². The molecule has 21 heavy (non-hydrogen) atoms. The van der Waals surface area contributed by atoms with E-state index in [0.717, 1.165) is 16.3 Å². The highest BCUT2D eigenvalue weighted by Gasteiger charge is 2.21. The topological polar surface area (TPSA) is 62.3 Å². The largest absolute Gasteiger partial charge is 0.316 e. The molecule has 0 aliphatic carbocycles. The summed E-state index contributed by atoms with van der Waals surface area (Å²) in [6.45, 7) is 2.91. The number of nitrogens with zero attached hydrogens (tertiary/aromatic N) is 2. The van der Waals surface area contributed by atoms with Gasteiger partial charge >= 0.3 is 0 Å². The average molecular weight is 325 g/mol. The van der Waals surface area contributed by atoms with E-state index in [-0.39, 0.29) is 6.54 Å². The van der Waals surface area contributed by atoms with Crippen LogP contribution in [0.15, 0.2) is 34.5 Å². The maximum Gasteiger partial charge on any atom is 0.243 e. The summed E-state index contributed by atoms with van der Waals surface area (Å²) in [6, 6.07) is 6.93. The normalized spacial score (nSPS) is 12.0. The minimum Gasteiger partial charge on any atom is -0.316 e. The molecule has 5 nitrogen and oxygen atoms in total. The molecule has 0 aliphatic heterocycles. The fourth-order valence-corrected chi connectivity index (χ4v) is 3.70. The van der Waals surface area contributed by atoms with Crippen LogP contribution in [0.4, 0.5) is 0 Å². The highest BCUT2D eigenvalue weighted by molar-refractivity contribution is 7.89. The van der Waals surface area contributed by atoms with Crippen molar-refractivity contribution in [2.45, 2.75) is 24.9 Å². The first-order valence-corrected chi connectivity index (χ1v) is 8.86. The lowest BCUT2D eigenvalue weighted by Gasteiger charge is -2.16. The standard InChI is InChI=1S/C14H19N3O2S2/c1-11-16-13(10-20-11)9-17(3)21(18,19)14-6-4-12(5-7-14)8-15-2/h4-7,10,15H,8-9H2,1-3H3. The highest BCUT2D eigenvalue weighted by atomic mass is 32.2. The zero-order valence-electron chi connectivity index (χ0n) is 12.3. The first-order valence-electron chi connectivity index (χ1n) is 6.54. The summed E-state index contributed by atoms with van der Waals surface area (Å²) in [5.41, 5.74) is 1.82. The molecule has 1 heterocycles. The van der Waals surface area contributed by atoms with Gasteiger partial charge in [0.05, 0.1) is 22.1 Å². The lowest BCUT2D eigenvalue weighted by molar-refractivity contribution is 0.463. The molecule has 0 aliphatic rings. The molecule has 0 saturated carbocycles. The van der Waals surface area contributed by atoms with Gasteiger partial charge in [-0.05, 0) is 31.7 Å². The van der Waals surface area contributed by atoms with Gasteiger partial charge < -0.3 is 5.32 Å². The molecule has 114 valence electrons. The lowest BCUT2D eigenvalue weighted by Crippen LogP contribution is -2.26. The van der Waals surface area contributed by atoms with E-state index >= 15 is 0 Å². The zero-order valence-corrected chi connectivity index (χ0v) is 14.0. The van der Waals surface area contributed by atoms with Gasteiger partial charge in [-0.25, -0.2) is 13.4 Å². The van der Waals surface area contributed by atoms with Crippen molar-refractivity contribution in [2.24, 2.45) is 0 Å². The van der Waals surface area contributed by atoms with Gasteiger partial charge in [0.15, 0.2) is 0 Å². The molecule has 0 radical (unpaired) electrons. The van der Waals surface area contributed by atoms with E-state index in [0.29, 0.717) is 11.4 Å². The summed E-state index contributed by atoms with van der Waals surface area (Å²) >= 11 is 1.52. The van der Waals surface area contributed by atoms with Crippen molar-refractivity contribution in [2.75, 3.05) is 14.1 Å². The zero-order chi connectivity index (χ0) is 15.5. The van der Waals surface area contributed by atoms with Crippen molar-refractivity contribution < 1.29 is 8.42 Å². The van der Waals surface area contributed by atoms with E-state index in [1.165, 1.54) is 15.6 Å². The van der Waals surface area contributed by atoms with E-state index in [1.54, 1.807) is 19.2 Å². The van der Waals surface area contributed by atoms with Crippen LogP contribution in [-0.2, 0) is 23.1 Å². The summed E-state index contributed by atoms with van der Waals surface area (Å²) in [6.07, 6.45) is 0. The van der Waals surface area contributed by atoms with Gasteiger partial charge in [0, 0.05) is 19.0 Å². The molecular weight excluding hydrogens is 306 g/mol. The third-order valence-electron chi connectivity index (χ3n) is 3.06. The minimum absolute atomic E-state index is 0.283. The van der Waals surface area contributed by atoms with Crippen LogP contribution in [0.1, 0.15) is 16.3 Å². The van der Waals surface area contributed by atoms with Crippen LogP contribution in [0.2, 0.25) is 0 Å². The molecule has 0 fully saturated rings. The monoisotopic (exact) mass is 325 g/mol. The Balaban J connectivity index is 2.16. The summed E-state index contributed by atoms with van der Waals surface area (Å²) in [5.74, 6) is 0. The smallest absolute Gasteiger partial charge is 0.243 e. The van der Waals surface area contributed by atoms with Gasteiger partial charge in [-0.2, -0.15) is 4.31 Å². The first kappa shape index (κ1) is 16.1. The van der Waals surface area contributed by atoms with Crippen molar-refractivity contribution in [3.8, 4) is 0 Å². The number of benzene rings is 1. The number of thiazole rings is 1. The highest BCUT2D eigenvalue weighted by Crippen LogP contribution is 2.18. The number of hydrogen-bond donors (Lipinski definition) is 1. The van der Waals surface area contributed by atoms with Crippen LogP contribution in [0.3, 0.4) is 0 Å². The van der Waals surface area contributed by atoms with Gasteiger partial charge in [-0.1, -0.05) is 12.1 Å². The molecule has 0 atom stereocenters. The van der Waals surface area contributed by atoms with Crippen LogP contribution in [0.25, 0.3) is 0 Å². The fraction of sp³-hybridized carbons (Fsp3) is 0.357. The molecule has 1 aromatic carbocycles. The number of sulfonamides is 1. The number of rotatable bonds is 6. The second kappa shape index (κ2) is 6.65. The second-order valence-electron chi connectivity index (χ2n) is 4.79. The number of aryl methyl sites for hydroxylation is 1. The van der Waals surface area contributed by atoms with E-state index < -0.39 is 10.0 Å². The van der Waals surface area contributed by atoms with Gasteiger partial charge in [0.2, 0.25) is 10.0 Å². The molecule has 0 spiro atoms. The van der Waals surface area contributed by atoms with E-state index in [9.17, 15) is 8.42 Å². The maximum absolute atomic E-state index is 12.5. The van der Waals surface area contributed by atoms with Crippen molar-refractivity contribution in [3.05, 3.63) is 45.9 Å². The van der Waals surface area contributed by atoms with Crippen molar-refractivity contribution in [3.63, 3.8) is 0 Å². The van der Waals surface area contributed by atoms with Crippen molar-refractivity contribution >= 4 is 21.4 Å². The molecule has 1 aromatic heterocycles. The second-order valence-corrected chi connectivity index (χ2v) is 7.90. The molecule has 0 amide bonds. The van der Waals surface area contributed by atoms with Gasteiger partial charge in [-0.15, -0.1) is 11.3 Å². The predicted octanol–water partition coefficient (Wildman–Crippen LogP) is 1.99. The number of hydrogen-bond acceptors (Lipinski definition) is 5. The molecule has 0 bridgehead atoms. The lowest BCUT2D eigenvalue weighted by atomic mass is 10.2. The average Bonchev–Trinajstić information content (AvgIpc) is 2.85. The summed E-state index contributed by atoms with van der Waals surface area (Å²) in [5, 5.41) is 5.86. The van der Waals surface area contributed by atoms with Crippen LogP contribution in [-0.4, -0.2) is 31.8 Å². The minimum atomic E-state index is -3.48. The Morgan fingerprint density at radius 2 is 1.95 bits per heavy atom. The quantitative estimate of drug-likeness (QED) is 0.882. The Kier molecular flexibility index (Phi) is 5.10. The molecular formula is C14H19N3O2S2. The molecule has 1 N–H and O–H groups in total. The summed E-state index contributed by atoms with van der Waals surface area (Å²) in [4.78, 5) is 4.60. The Morgan fingerprint density at radius 1 is 1.29 bits per heavy atom. The Bertz CT molecular complexity index is 693. The van der Waals surface area contributed by atoms with Crippen LogP contribution in [0, 0.1) is 6.92 Å². The van der Waals surface area contributed by atoms with Crippen LogP contribution in [0.5, 0.6) is 0 Å². The summed E-state index contributed by atoms with van der Waals surface area (Å²) < 4.78 is 26.3. The third-order valence-corrected chi connectivity index (χ3v) is 5.70. The molecule has 0 saturated heterocycles. The van der Waals surface area contributed by atoms with E-state index in [2.05, 4.69) is 10.3 Å². The fourth-order valence-electron chi connectivity index (χ4n) is 1.96. The Hall–Kier alpha value is -1.28.